The number of sulfone groups is 1. The summed E-state index contributed by atoms with van der Waals surface area (Å²) in [6.07, 6.45) is -1.32. The van der Waals surface area contributed by atoms with Gasteiger partial charge in [-0.3, -0.25) is 0 Å². The van der Waals surface area contributed by atoms with Crippen molar-refractivity contribution in [3.05, 3.63) is 29.8 Å². The molecule has 1 aromatic carbocycles. The van der Waals surface area contributed by atoms with Crippen LogP contribution in [0.15, 0.2) is 24.3 Å². The molecule has 3 N–H and O–H groups in total. The van der Waals surface area contributed by atoms with Crippen LogP contribution in [0.25, 0.3) is 0 Å². The van der Waals surface area contributed by atoms with Gasteiger partial charge in [0, 0.05) is 11.4 Å². The molecule has 0 amide bonds. The molecule has 0 aliphatic rings. The molecule has 4 nitrogen and oxygen atoms in total. The summed E-state index contributed by atoms with van der Waals surface area (Å²) in [5.74, 6) is -0.133. The summed E-state index contributed by atoms with van der Waals surface area (Å²) in [6, 6.07) is 6.39. The second-order valence-electron chi connectivity index (χ2n) is 3.96. The minimum absolute atomic E-state index is 0.133. The van der Waals surface area contributed by atoms with E-state index in [1.807, 2.05) is 0 Å². The van der Waals surface area contributed by atoms with Crippen molar-refractivity contribution in [1.29, 1.82) is 0 Å². The van der Waals surface area contributed by atoms with Crippen molar-refractivity contribution in [3.63, 3.8) is 0 Å². The number of hydrogen-bond acceptors (Lipinski definition) is 4. The lowest BCUT2D eigenvalue weighted by Gasteiger charge is -2.27. The predicted molar refractivity (Wildman–Crippen MR) is 69.5 cm³/mol. The Kier molecular flexibility index (Phi) is 4.06. The zero-order valence-corrected chi connectivity index (χ0v) is 11.3. The van der Waals surface area contributed by atoms with Crippen molar-refractivity contribution >= 4 is 27.1 Å². The van der Waals surface area contributed by atoms with E-state index in [0.29, 0.717) is 11.3 Å². The van der Waals surface area contributed by atoms with Crippen LogP contribution in [0, 0.1) is 0 Å². The van der Waals surface area contributed by atoms with Crippen molar-refractivity contribution in [2.24, 2.45) is 0 Å². The Balaban J connectivity index is 3.17. The number of halogens is 1. The normalized spacial score (nSPS) is 17.4. The highest BCUT2D eigenvalue weighted by molar-refractivity contribution is 7.94. The molecule has 0 heterocycles. The molecule has 0 spiro atoms. The molecular formula is C11H16ClNO3S. The molecule has 0 fully saturated rings. The summed E-state index contributed by atoms with van der Waals surface area (Å²) in [7, 11) is -3.58. The lowest BCUT2D eigenvalue weighted by atomic mass is 10.1. The van der Waals surface area contributed by atoms with Crippen molar-refractivity contribution in [1.82, 2.24) is 0 Å². The van der Waals surface area contributed by atoms with Crippen molar-refractivity contribution in [2.45, 2.75) is 24.2 Å². The van der Waals surface area contributed by atoms with E-state index in [1.54, 1.807) is 18.2 Å². The second kappa shape index (κ2) is 4.84. The predicted octanol–water partition coefficient (Wildman–Crippen LogP) is 1.69. The van der Waals surface area contributed by atoms with E-state index >= 15 is 0 Å². The minimum atomic E-state index is -3.58. The first-order valence-corrected chi connectivity index (χ1v) is 7.20. The van der Waals surface area contributed by atoms with Crippen molar-refractivity contribution in [2.75, 3.05) is 11.5 Å². The summed E-state index contributed by atoms with van der Waals surface area (Å²) in [5, 5.41) is 10.1. The molecule has 6 heteroatoms. The molecule has 17 heavy (non-hydrogen) atoms. The highest BCUT2D eigenvalue weighted by Gasteiger charge is 2.43. The molecule has 1 aromatic rings. The summed E-state index contributed by atoms with van der Waals surface area (Å²) in [4.78, 5) is 0. The summed E-state index contributed by atoms with van der Waals surface area (Å²) in [5.41, 5.74) is 6.41. The molecule has 0 radical (unpaired) electrons. The van der Waals surface area contributed by atoms with Crippen LogP contribution in [-0.4, -0.2) is 23.5 Å². The smallest absolute Gasteiger partial charge is 0.172 e. The van der Waals surface area contributed by atoms with Gasteiger partial charge < -0.3 is 10.8 Å². The van der Waals surface area contributed by atoms with E-state index in [1.165, 1.54) is 19.9 Å². The first-order valence-electron chi connectivity index (χ1n) is 5.17. The number of aliphatic hydroxyl groups excluding tert-OH is 1. The van der Waals surface area contributed by atoms with Crippen molar-refractivity contribution < 1.29 is 13.5 Å². The van der Waals surface area contributed by atoms with Gasteiger partial charge in [-0.15, -0.1) is 0 Å². The Morgan fingerprint density at radius 1 is 1.53 bits per heavy atom. The number of nitrogens with two attached hydrogens (primary N) is 1. The maximum absolute atomic E-state index is 11.8. The van der Waals surface area contributed by atoms with Gasteiger partial charge in [0.05, 0.1) is 0 Å². The first-order chi connectivity index (χ1) is 7.72. The average Bonchev–Trinajstić information content (AvgIpc) is 2.27. The van der Waals surface area contributed by atoms with E-state index in [2.05, 4.69) is 0 Å². The monoisotopic (exact) mass is 277 g/mol. The first kappa shape index (κ1) is 14.3. The average molecular weight is 278 g/mol. The molecule has 0 aliphatic carbocycles. The maximum atomic E-state index is 11.8. The van der Waals surface area contributed by atoms with Gasteiger partial charge in [-0.1, -0.05) is 30.7 Å². The molecule has 2 atom stereocenters. The fourth-order valence-corrected chi connectivity index (χ4v) is 2.97. The molecular weight excluding hydrogens is 262 g/mol. The third-order valence-electron chi connectivity index (χ3n) is 2.70. The van der Waals surface area contributed by atoms with E-state index in [9.17, 15) is 13.5 Å². The molecule has 0 bridgehead atoms. The Labute approximate surface area is 106 Å². The van der Waals surface area contributed by atoms with Gasteiger partial charge in [-0.05, 0) is 24.6 Å². The summed E-state index contributed by atoms with van der Waals surface area (Å²) in [6.45, 7) is 2.78. The van der Waals surface area contributed by atoms with Gasteiger partial charge in [0.1, 0.15) is 6.10 Å². The third-order valence-corrected chi connectivity index (χ3v) is 5.81. The quantitative estimate of drug-likeness (QED) is 0.648. The molecule has 0 saturated heterocycles. The van der Waals surface area contributed by atoms with E-state index in [4.69, 9.17) is 17.3 Å². The SMILES string of the molecule is CCS(=O)(=O)[C@@](C)(Cl)[C@@H](O)c1cccc(N)c1. The van der Waals surface area contributed by atoms with Crippen molar-refractivity contribution in [3.8, 4) is 0 Å². The molecule has 0 saturated carbocycles. The fraction of sp³-hybridized carbons (Fsp3) is 0.455. The zero-order valence-electron chi connectivity index (χ0n) is 9.72. The van der Waals surface area contributed by atoms with Gasteiger partial charge in [0.25, 0.3) is 0 Å². The van der Waals surface area contributed by atoms with E-state index in [0.717, 1.165) is 0 Å². The Morgan fingerprint density at radius 3 is 2.59 bits per heavy atom. The van der Waals surface area contributed by atoms with Crippen LogP contribution in [0.2, 0.25) is 0 Å². The third kappa shape index (κ3) is 2.73. The lowest BCUT2D eigenvalue weighted by Crippen LogP contribution is -2.37. The van der Waals surface area contributed by atoms with Gasteiger partial charge in [0.2, 0.25) is 0 Å². The summed E-state index contributed by atoms with van der Waals surface area (Å²) >= 11 is 5.99. The summed E-state index contributed by atoms with van der Waals surface area (Å²) < 4.78 is 21.8. The Hall–Kier alpha value is -0.780. The Bertz CT molecular complexity index is 499. The van der Waals surface area contributed by atoms with Crippen LogP contribution in [0.4, 0.5) is 5.69 Å². The van der Waals surface area contributed by atoms with E-state index < -0.39 is 20.1 Å². The highest BCUT2D eigenvalue weighted by atomic mass is 35.5. The topological polar surface area (TPSA) is 80.4 Å². The fourth-order valence-electron chi connectivity index (χ4n) is 1.48. The van der Waals surface area contributed by atoms with Crippen LogP contribution in [0.1, 0.15) is 25.5 Å². The highest BCUT2D eigenvalue weighted by Crippen LogP contribution is 2.37. The van der Waals surface area contributed by atoms with E-state index in [-0.39, 0.29) is 5.75 Å². The Morgan fingerprint density at radius 2 is 2.12 bits per heavy atom. The van der Waals surface area contributed by atoms with Crippen LogP contribution in [-0.2, 0) is 9.84 Å². The number of anilines is 1. The number of rotatable bonds is 4. The van der Waals surface area contributed by atoms with Gasteiger partial charge in [-0.2, -0.15) is 0 Å². The molecule has 0 aliphatic heterocycles. The van der Waals surface area contributed by atoms with Gasteiger partial charge >= 0.3 is 0 Å². The van der Waals surface area contributed by atoms with Crippen LogP contribution >= 0.6 is 11.6 Å². The zero-order chi connectivity index (χ0) is 13.3. The van der Waals surface area contributed by atoms with Gasteiger partial charge in [-0.25, -0.2) is 8.42 Å². The van der Waals surface area contributed by atoms with Crippen LogP contribution < -0.4 is 5.73 Å². The number of aliphatic hydroxyl groups is 1. The largest absolute Gasteiger partial charge is 0.399 e. The second-order valence-corrected chi connectivity index (χ2v) is 7.63. The van der Waals surface area contributed by atoms with Crippen LogP contribution in [0.5, 0.6) is 0 Å². The minimum Gasteiger partial charge on any atom is -0.399 e. The maximum Gasteiger partial charge on any atom is 0.172 e. The standard InChI is InChI=1S/C11H16ClNO3S/c1-3-17(15,16)11(2,12)10(14)8-5-4-6-9(13)7-8/h4-7,10,14H,3,13H2,1-2H3/t10-,11+/m0/s1. The molecule has 0 unspecified atom stereocenters. The number of benzene rings is 1. The number of nitrogen functional groups attached to an aromatic ring is 1. The number of hydrogen-bond donors (Lipinski definition) is 2. The lowest BCUT2D eigenvalue weighted by molar-refractivity contribution is 0.162. The molecule has 1 rings (SSSR count). The van der Waals surface area contributed by atoms with Crippen LogP contribution in [0.3, 0.4) is 0 Å². The molecule has 96 valence electrons. The molecule has 0 aromatic heterocycles. The number of alkyl halides is 1. The van der Waals surface area contributed by atoms with Gasteiger partial charge in [0.15, 0.2) is 14.0 Å².